The number of hydrogen-bond donors (Lipinski definition) is 2. The first-order chi connectivity index (χ1) is 10.0. The highest BCUT2D eigenvalue weighted by molar-refractivity contribution is 5.97. The molecule has 0 aliphatic carbocycles. The molecule has 2 aromatic rings. The van der Waals surface area contributed by atoms with Crippen LogP contribution in [0.5, 0.6) is 5.75 Å². The monoisotopic (exact) mass is 285 g/mol. The Morgan fingerprint density at radius 3 is 2.71 bits per heavy atom. The van der Waals surface area contributed by atoms with Crippen LogP contribution in [0.4, 0.5) is 0 Å². The molecule has 110 valence electrons. The number of aromatic hydroxyl groups is 1. The lowest BCUT2D eigenvalue weighted by molar-refractivity contribution is 0.0952. The first-order valence-electron chi connectivity index (χ1n) is 6.82. The number of carbonyl (C=O) groups excluding carboxylic acids is 1. The van der Waals surface area contributed by atoms with Gasteiger partial charge in [-0.15, -0.1) is 0 Å². The summed E-state index contributed by atoms with van der Waals surface area (Å²) in [6.07, 6.45) is 1.62. The van der Waals surface area contributed by atoms with E-state index in [9.17, 15) is 9.90 Å². The summed E-state index contributed by atoms with van der Waals surface area (Å²) < 4.78 is 2.17. The van der Waals surface area contributed by atoms with Crippen LogP contribution in [0.3, 0.4) is 0 Å². The molecule has 0 saturated heterocycles. The van der Waals surface area contributed by atoms with Gasteiger partial charge in [-0.1, -0.05) is 12.1 Å². The number of rotatable bonds is 4. The van der Waals surface area contributed by atoms with Crippen molar-refractivity contribution < 1.29 is 9.90 Å². The number of phenolic OH excluding ortho intramolecular Hbond substituents is 1. The molecule has 1 amide bonds. The number of hydrogen-bond acceptors (Lipinski definition) is 3. The van der Waals surface area contributed by atoms with E-state index in [1.807, 2.05) is 19.9 Å². The molecule has 1 aromatic carbocycles. The van der Waals surface area contributed by atoms with Gasteiger partial charge in [-0.05, 0) is 39.0 Å². The number of carbonyl (C=O) groups is 1. The van der Waals surface area contributed by atoms with Gasteiger partial charge in [-0.25, -0.2) is 5.43 Å². The van der Waals surface area contributed by atoms with E-state index in [1.54, 1.807) is 24.4 Å². The zero-order chi connectivity index (χ0) is 15.4. The zero-order valence-electron chi connectivity index (χ0n) is 12.4. The van der Waals surface area contributed by atoms with E-state index >= 15 is 0 Å². The van der Waals surface area contributed by atoms with Crippen molar-refractivity contribution in [3.05, 3.63) is 52.8 Å². The van der Waals surface area contributed by atoms with Crippen LogP contribution in [0.1, 0.15) is 34.2 Å². The van der Waals surface area contributed by atoms with Crippen LogP contribution in [0.2, 0.25) is 0 Å². The van der Waals surface area contributed by atoms with Gasteiger partial charge in [0.25, 0.3) is 5.91 Å². The van der Waals surface area contributed by atoms with Crippen molar-refractivity contribution in [3.63, 3.8) is 0 Å². The SMILES string of the molecule is CCn1c(C)cc(/C=N/NC(=O)c2ccccc2O)c1C. The van der Waals surface area contributed by atoms with E-state index in [1.165, 1.54) is 6.07 Å². The molecular weight excluding hydrogens is 266 g/mol. The number of phenols is 1. The Hall–Kier alpha value is -2.56. The minimum Gasteiger partial charge on any atom is -0.507 e. The molecule has 0 aliphatic heterocycles. The average Bonchev–Trinajstić information content (AvgIpc) is 2.73. The second kappa shape index (κ2) is 6.26. The Morgan fingerprint density at radius 1 is 1.38 bits per heavy atom. The largest absolute Gasteiger partial charge is 0.507 e. The molecular formula is C16H19N3O2. The average molecular weight is 285 g/mol. The predicted molar refractivity (Wildman–Crippen MR) is 82.7 cm³/mol. The Bertz CT molecular complexity index is 687. The van der Waals surface area contributed by atoms with E-state index in [2.05, 4.69) is 22.0 Å². The number of nitrogens with one attached hydrogen (secondary N) is 1. The van der Waals surface area contributed by atoms with Crippen LogP contribution in [-0.2, 0) is 6.54 Å². The van der Waals surface area contributed by atoms with Crippen LogP contribution >= 0.6 is 0 Å². The maximum atomic E-state index is 11.9. The van der Waals surface area contributed by atoms with Crippen LogP contribution < -0.4 is 5.43 Å². The van der Waals surface area contributed by atoms with E-state index in [-0.39, 0.29) is 11.3 Å². The summed E-state index contributed by atoms with van der Waals surface area (Å²) in [5.41, 5.74) is 5.85. The lowest BCUT2D eigenvalue weighted by atomic mass is 10.2. The van der Waals surface area contributed by atoms with Crippen LogP contribution in [0, 0.1) is 13.8 Å². The van der Waals surface area contributed by atoms with Crippen molar-refractivity contribution in [2.45, 2.75) is 27.3 Å². The van der Waals surface area contributed by atoms with Crippen molar-refractivity contribution in [2.24, 2.45) is 5.10 Å². The van der Waals surface area contributed by atoms with Crippen LogP contribution in [0.25, 0.3) is 0 Å². The number of aryl methyl sites for hydroxylation is 1. The quantitative estimate of drug-likeness (QED) is 0.670. The highest BCUT2D eigenvalue weighted by atomic mass is 16.3. The van der Waals surface area contributed by atoms with Gasteiger partial charge in [0.1, 0.15) is 5.75 Å². The Balaban J connectivity index is 2.10. The number of nitrogens with zero attached hydrogens (tertiary/aromatic N) is 2. The molecule has 0 radical (unpaired) electrons. The van der Waals surface area contributed by atoms with Crippen molar-refractivity contribution in [3.8, 4) is 5.75 Å². The molecule has 0 spiro atoms. The molecule has 21 heavy (non-hydrogen) atoms. The second-order valence-electron chi connectivity index (χ2n) is 4.79. The molecule has 1 aromatic heterocycles. The molecule has 2 N–H and O–H groups in total. The van der Waals surface area contributed by atoms with Gasteiger partial charge in [0.05, 0.1) is 11.8 Å². The van der Waals surface area contributed by atoms with Crippen LogP contribution in [0.15, 0.2) is 35.4 Å². The van der Waals surface area contributed by atoms with Gasteiger partial charge in [-0.2, -0.15) is 5.10 Å². The third kappa shape index (κ3) is 3.13. The van der Waals surface area contributed by atoms with Crippen LogP contribution in [-0.4, -0.2) is 21.8 Å². The minimum absolute atomic E-state index is 0.0608. The molecule has 0 fully saturated rings. The summed E-state index contributed by atoms with van der Waals surface area (Å²) >= 11 is 0. The molecule has 1 heterocycles. The topological polar surface area (TPSA) is 66.6 Å². The van der Waals surface area contributed by atoms with E-state index in [4.69, 9.17) is 0 Å². The summed E-state index contributed by atoms with van der Waals surface area (Å²) in [7, 11) is 0. The molecule has 5 nitrogen and oxygen atoms in total. The number of aromatic nitrogens is 1. The van der Waals surface area contributed by atoms with Gasteiger partial charge in [-0.3, -0.25) is 4.79 Å². The molecule has 0 bridgehead atoms. The Labute approximate surface area is 123 Å². The number of benzene rings is 1. The summed E-state index contributed by atoms with van der Waals surface area (Å²) in [5, 5.41) is 13.6. The zero-order valence-corrected chi connectivity index (χ0v) is 12.4. The van der Waals surface area contributed by atoms with Crippen molar-refractivity contribution in [1.82, 2.24) is 9.99 Å². The van der Waals surface area contributed by atoms with Gasteiger partial charge < -0.3 is 9.67 Å². The molecule has 0 aliphatic rings. The fourth-order valence-electron chi connectivity index (χ4n) is 2.33. The smallest absolute Gasteiger partial charge is 0.275 e. The van der Waals surface area contributed by atoms with E-state index < -0.39 is 5.91 Å². The van der Waals surface area contributed by atoms with Crippen molar-refractivity contribution in [2.75, 3.05) is 0 Å². The number of hydrazone groups is 1. The summed E-state index contributed by atoms with van der Waals surface area (Å²) in [6.45, 7) is 7.04. The lowest BCUT2D eigenvalue weighted by Crippen LogP contribution is -2.17. The van der Waals surface area contributed by atoms with Gasteiger partial charge in [0.15, 0.2) is 0 Å². The summed E-state index contributed by atoms with van der Waals surface area (Å²) in [6, 6.07) is 8.38. The first-order valence-corrected chi connectivity index (χ1v) is 6.82. The molecule has 0 atom stereocenters. The minimum atomic E-state index is -0.436. The van der Waals surface area contributed by atoms with Gasteiger partial charge >= 0.3 is 0 Å². The molecule has 2 rings (SSSR count). The maximum Gasteiger partial charge on any atom is 0.275 e. The highest BCUT2D eigenvalue weighted by Crippen LogP contribution is 2.15. The number of para-hydroxylation sites is 1. The first kappa shape index (κ1) is 14.8. The Kier molecular flexibility index (Phi) is 4.42. The second-order valence-corrected chi connectivity index (χ2v) is 4.79. The summed E-state index contributed by atoms with van der Waals surface area (Å²) in [5.74, 6) is -0.497. The Morgan fingerprint density at radius 2 is 2.10 bits per heavy atom. The van der Waals surface area contributed by atoms with Gasteiger partial charge in [0, 0.05) is 23.5 Å². The van der Waals surface area contributed by atoms with E-state index in [0.717, 1.165) is 23.5 Å². The third-order valence-electron chi connectivity index (χ3n) is 3.45. The fourth-order valence-corrected chi connectivity index (χ4v) is 2.33. The highest BCUT2D eigenvalue weighted by Gasteiger charge is 2.09. The van der Waals surface area contributed by atoms with E-state index in [0.29, 0.717) is 0 Å². The standard InChI is InChI=1S/C16H19N3O2/c1-4-19-11(2)9-13(12(19)3)10-17-18-16(21)14-7-5-6-8-15(14)20/h5-10,20H,4H2,1-3H3,(H,18,21)/b17-10+. The summed E-state index contributed by atoms with van der Waals surface area (Å²) in [4.78, 5) is 11.9. The molecule has 0 unspecified atom stereocenters. The fraction of sp³-hybridized carbons (Fsp3) is 0.250. The van der Waals surface area contributed by atoms with Crippen molar-refractivity contribution >= 4 is 12.1 Å². The lowest BCUT2D eigenvalue weighted by Gasteiger charge is -2.04. The third-order valence-corrected chi connectivity index (χ3v) is 3.45. The number of amides is 1. The maximum absolute atomic E-state index is 11.9. The molecule has 0 saturated carbocycles. The molecule has 5 heteroatoms. The van der Waals surface area contributed by atoms with Gasteiger partial charge in [0.2, 0.25) is 0 Å². The normalized spacial score (nSPS) is 11.0. The predicted octanol–water partition coefficient (Wildman–Crippen LogP) is 2.59. The van der Waals surface area contributed by atoms with Crippen molar-refractivity contribution in [1.29, 1.82) is 0 Å².